The molecule has 1 N–H and O–H groups in total. The van der Waals surface area contributed by atoms with Crippen molar-refractivity contribution in [2.75, 3.05) is 18.6 Å². The first kappa shape index (κ1) is 13.1. The maximum absolute atomic E-state index is 11.4. The molecule has 0 amide bonds. The molecule has 18 heavy (non-hydrogen) atoms. The van der Waals surface area contributed by atoms with Crippen molar-refractivity contribution >= 4 is 10.8 Å². The van der Waals surface area contributed by atoms with E-state index in [4.69, 9.17) is 0 Å². The van der Waals surface area contributed by atoms with Gasteiger partial charge in [-0.25, -0.2) is 0 Å². The first-order chi connectivity index (χ1) is 8.72. The normalized spacial score (nSPS) is 45.9. The summed E-state index contributed by atoms with van der Waals surface area (Å²) in [5.74, 6) is 1.83. The Bertz CT molecular complexity index is 299. The SMILES string of the molecule is CN1C2CCCC1CC(NC1CCS(=O)CC1)C2. The lowest BCUT2D eigenvalue weighted by Crippen LogP contribution is -2.56. The fourth-order valence-electron chi connectivity index (χ4n) is 4.05. The smallest absolute Gasteiger partial charge is 0.0249 e. The molecule has 3 nitrogen and oxygen atoms in total. The minimum Gasteiger partial charge on any atom is -0.311 e. The van der Waals surface area contributed by atoms with Gasteiger partial charge in [0.1, 0.15) is 0 Å². The highest BCUT2D eigenvalue weighted by atomic mass is 32.2. The summed E-state index contributed by atoms with van der Waals surface area (Å²) in [6.45, 7) is 0. The number of hydrogen-bond acceptors (Lipinski definition) is 3. The summed E-state index contributed by atoms with van der Waals surface area (Å²) in [5, 5.41) is 3.87. The van der Waals surface area contributed by atoms with E-state index in [1.165, 1.54) is 32.1 Å². The van der Waals surface area contributed by atoms with Crippen molar-refractivity contribution in [3.05, 3.63) is 0 Å². The van der Waals surface area contributed by atoms with Gasteiger partial charge < -0.3 is 10.2 Å². The van der Waals surface area contributed by atoms with Crippen molar-refractivity contribution in [1.29, 1.82) is 0 Å². The van der Waals surface area contributed by atoms with Crippen LogP contribution in [0.4, 0.5) is 0 Å². The van der Waals surface area contributed by atoms with Crippen LogP contribution in [-0.2, 0) is 10.8 Å². The standard InChI is InChI=1S/C14H26N2OS/c1-16-13-3-2-4-14(16)10-12(9-13)15-11-5-7-18(17)8-6-11/h11-15H,2-10H2,1H3. The van der Waals surface area contributed by atoms with Gasteiger partial charge in [-0.05, 0) is 45.6 Å². The third-order valence-corrected chi connectivity index (χ3v) is 6.58. The molecule has 3 aliphatic heterocycles. The van der Waals surface area contributed by atoms with Crippen molar-refractivity contribution < 1.29 is 4.21 Å². The monoisotopic (exact) mass is 270 g/mol. The highest BCUT2D eigenvalue weighted by molar-refractivity contribution is 7.85. The van der Waals surface area contributed by atoms with Crippen LogP contribution in [0.5, 0.6) is 0 Å². The molecular formula is C14H26N2OS. The van der Waals surface area contributed by atoms with Crippen molar-refractivity contribution in [3.8, 4) is 0 Å². The highest BCUT2D eigenvalue weighted by Gasteiger charge is 2.36. The number of nitrogens with zero attached hydrogens (tertiary/aromatic N) is 1. The van der Waals surface area contributed by atoms with E-state index >= 15 is 0 Å². The molecule has 2 bridgehead atoms. The third-order valence-electron chi connectivity index (χ3n) is 5.20. The second-order valence-corrected chi connectivity index (χ2v) is 8.06. The summed E-state index contributed by atoms with van der Waals surface area (Å²) in [6.07, 6.45) is 9.09. The molecule has 3 saturated heterocycles. The Morgan fingerprint density at radius 1 is 1.00 bits per heavy atom. The number of fused-ring (bicyclic) bond motifs is 2. The quantitative estimate of drug-likeness (QED) is 0.825. The molecule has 0 aromatic rings. The molecule has 0 radical (unpaired) electrons. The molecule has 2 atom stereocenters. The number of piperidine rings is 2. The average Bonchev–Trinajstić information content (AvgIpc) is 2.33. The van der Waals surface area contributed by atoms with Crippen LogP contribution < -0.4 is 5.32 Å². The predicted octanol–water partition coefficient (Wildman–Crippen LogP) is 1.50. The lowest BCUT2D eigenvalue weighted by Gasteiger charge is -2.48. The first-order valence-electron chi connectivity index (χ1n) is 7.55. The maximum Gasteiger partial charge on any atom is 0.0249 e. The van der Waals surface area contributed by atoms with Crippen LogP contribution in [0.3, 0.4) is 0 Å². The van der Waals surface area contributed by atoms with E-state index in [0.29, 0.717) is 12.1 Å². The summed E-state index contributed by atoms with van der Waals surface area (Å²) in [7, 11) is 1.79. The Hall–Kier alpha value is 0.0700. The molecule has 0 aliphatic carbocycles. The predicted molar refractivity (Wildman–Crippen MR) is 76.2 cm³/mol. The van der Waals surface area contributed by atoms with E-state index < -0.39 is 10.8 Å². The Morgan fingerprint density at radius 2 is 1.61 bits per heavy atom. The zero-order chi connectivity index (χ0) is 12.5. The lowest BCUT2D eigenvalue weighted by atomic mass is 9.82. The van der Waals surface area contributed by atoms with Gasteiger partial charge in [0, 0.05) is 46.5 Å². The first-order valence-corrected chi connectivity index (χ1v) is 9.04. The average molecular weight is 270 g/mol. The van der Waals surface area contributed by atoms with Crippen LogP contribution in [0.15, 0.2) is 0 Å². The molecule has 0 aromatic carbocycles. The van der Waals surface area contributed by atoms with Gasteiger partial charge in [-0.3, -0.25) is 4.21 Å². The van der Waals surface area contributed by atoms with Crippen LogP contribution in [-0.4, -0.2) is 51.8 Å². The van der Waals surface area contributed by atoms with E-state index in [1.54, 1.807) is 0 Å². The second-order valence-electron chi connectivity index (χ2n) is 6.36. The zero-order valence-electron chi connectivity index (χ0n) is 11.4. The van der Waals surface area contributed by atoms with Crippen molar-refractivity contribution in [2.45, 2.75) is 69.1 Å². The van der Waals surface area contributed by atoms with E-state index in [0.717, 1.165) is 36.4 Å². The van der Waals surface area contributed by atoms with Gasteiger partial charge in [0.05, 0.1) is 0 Å². The summed E-state index contributed by atoms with van der Waals surface area (Å²) in [6, 6.07) is 2.98. The minimum atomic E-state index is -0.526. The molecule has 3 rings (SSSR count). The molecule has 4 heteroatoms. The number of hydrogen-bond donors (Lipinski definition) is 1. The number of rotatable bonds is 2. The third kappa shape index (κ3) is 2.81. The molecule has 0 spiro atoms. The van der Waals surface area contributed by atoms with Crippen LogP contribution >= 0.6 is 0 Å². The second kappa shape index (κ2) is 5.59. The summed E-state index contributed by atoms with van der Waals surface area (Å²) < 4.78 is 11.4. The van der Waals surface area contributed by atoms with E-state index in [1.807, 2.05) is 0 Å². The topological polar surface area (TPSA) is 32.3 Å². The molecular weight excluding hydrogens is 244 g/mol. The van der Waals surface area contributed by atoms with Crippen LogP contribution in [0.2, 0.25) is 0 Å². The van der Waals surface area contributed by atoms with E-state index in [2.05, 4.69) is 17.3 Å². The van der Waals surface area contributed by atoms with Crippen LogP contribution in [0, 0.1) is 0 Å². The molecule has 0 aromatic heterocycles. The molecule has 2 unspecified atom stereocenters. The minimum absolute atomic E-state index is 0.526. The Labute approximate surface area is 113 Å². The van der Waals surface area contributed by atoms with Crippen molar-refractivity contribution in [1.82, 2.24) is 10.2 Å². The van der Waals surface area contributed by atoms with Gasteiger partial charge in [-0.2, -0.15) is 0 Å². The summed E-state index contributed by atoms with van der Waals surface area (Å²) >= 11 is 0. The molecule has 0 saturated carbocycles. The number of nitrogens with one attached hydrogen (secondary N) is 1. The fourth-order valence-corrected chi connectivity index (χ4v) is 5.34. The lowest BCUT2D eigenvalue weighted by molar-refractivity contribution is 0.0455. The van der Waals surface area contributed by atoms with Gasteiger partial charge >= 0.3 is 0 Å². The van der Waals surface area contributed by atoms with E-state index in [9.17, 15) is 4.21 Å². The Balaban J connectivity index is 1.53. The molecule has 3 aliphatic rings. The largest absolute Gasteiger partial charge is 0.311 e. The Kier molecular flexibility index (Phi) is 4.06. The van der Waals surface area contributed by atoms with Crippen LogP contribution in [0.1, 0.15) is 44.9 Å². The fraction of sp³-hybridized carbons (Fsp3) is 1.00. The Morgan fingerprint density at radius 3 is 2.22 bits per heavy atom. The van der Waals surface area contributed by atoms with Crippen molar-refractivity contribution in [3.63, 3.8) is 0 Å². The molecule has 3 fully saturated rings. The van der Waals surface area contributed by atoms with Crippen LogP contribution in [0.25, 0.3) is 0 Å². The van der Waals surface area contributed by atoms with Gasteiger partial charge in [0.2, 0.25) is 0 Å². The van der Waals surface area contributed by atoms with Gasteiger partial charge in [-0.15, -0.1) is 0 Å². The summed E-state index contributed by atoms with van der Waals surface area (Å²) in [4.78, 5) is 2.62. The zero-order valence-corrected chi connectivity index (χ0v) is 12.3. The van der Waals surface area contributed by atoms with Gasteiger partial charge in [0.15, 0.2) is 0 Å². The highest BCUT2D eigenvalue weighted by Crippen LogP contribution is 2.33. The van der Waals surface area contributed by atoms with Gasteiger partial charge in [-0.1, -0.05) is 6.42 Å². The molecule has 104 valence electrons. The van der Waals surface area contributed by atoms with Crippen molar-refractivity contribution in [2.24, 2.45) is 0 Å². The van der Waals surface area contributed by atoms with Gasteiger partial charge in [0.25, 0.3) is 0 Å². The maximum atomic E-state index is 11.4. The molecule has 3 heterocycles. The van der Waals surface area contributed by atoms with E-state index in [-0.39, 0.29) is 0 Å². The summed E-state index contributed by atoms with van der Waals surface area (Å²) in [5.41, 5.74) is 0.